The van der Waals surface area contributed by atoms with Gasteiger partial charge < -0.3 is 15.0 Å². The predicted octanol–water partition coefficient (Wildman–Crippen LogP) is 1.31. The summed E-state index contributed by atoms with van der Waals surface area (Å²) in [4.78, 5) is 14.8. The van der Waals surface area contributed by atoms with Crippen LogP contribution in [0.3, 0.4) is 0 Å². The molecule has 114 valence electrons. The zero-order valence-corrected chi connectivity index (χ0v) is 12.6. The number of rotatable bonds is 4. The Morgan fingerprint density at radius 3 is 2.81 bits per heavy atom. The predicted molar refractivity (Wildman–Crippen MR) is 82.0 cm³/mol. The molecule has 0 spiro atoms. The summed E-state index contributed by atoms with van der Waals surface area (Å²) in [5, 5.41) is 3.26. The van der Waals surface area contributed by atoms with Gasteiger partial charge in [0.2, 0.25) is 5.91 Å². The maximum atomic E-state index is 12.8. The quantitative estimate of drug-likeness (QED) is 0.908. The smallest absolute Gasteiger partial charge is 0.226 e. The minimum atomic E-state index is 0.114. The molecule has 0 radical (unpaired) electrons. The molecule has 2 fully saturated rings. The summed E-state index contributed by atoms with van der Waals surface area (Å²) < 4.78 is 5.61. The van der Waals surface area contributed by atoms with Crippen molar-refractivity contribution in [3.63, 3.8) is 0 Å². The van der Waals surface area contributed by atoms with E-state index in [0.717, 1.165) is 26.1 Å². The van der Waals surface area contributed by atoms with Crippen molar-refractivity contribution in [1.29, 1.82) is 0 Å². The number of benzene rings is 1. The van der Waals surface area contributed by atoms with Crippen LogP contribution in [0.1, 0.15) is 12.5 Å². The lowest BCUT2D eigenvalue weighted by Crippen LogP contribution is -2.55. The number of carbonyl (C=O) groups excluding carboxylic acids is 1. The summed E-state index contributed by atoms with van der Waals surface area (Å²) in [6.45, 7) is 6.05. The zero-order valence-electron chi connectivity index (χ0n) is 12.6. The SMILES string of the molecule is CC(C(=O)N1CCOCC1Cc1ccccc1)C1CNC1. The minimum Gasteiger partial charge on any atom is -0.377 e. The second kappa shape index (κ2) is 6.58. The molecule has 2 aliphatic heterocycles. The van der Waals surface area contributed by atoms with Gasteiger partial charge in [-0.05, 0) is 31.0 Å². The molecule has 1 aromatic carbocycles. The van der Waals surface area contributed by atoms with Crippen LogP contribution in [0.25, 0.3) is 0 Å². The first kappa shape index (κ1) is 14.5. The highest BCUT2D eigenvalue weighted by Gasteiger charge is 2.35. The lowest BCUT2D eigenvalue weighted by molar-refractivity contribution is -0.146. The van der Waals surface area contributed by atoms with Crippen LogP contribution >= 0.6 is 0 Å². The van der Waals surface area contributed by atoms with Gasteiger partial charge in [-0.25, -0.2) is 0 Å². The molecule has 4 nitrogen and oxygen atoms in total. The third-order valence-corrected chi connectivity index (χ3v) is 4.73. The number of morpholine rings is 1. The van der Waals surface area contributed by atoms with Crippen LogP contribution in [0.2, 0.25) is 0 Å². The third kappa shape index (κ3) is 3.27. The number of hydrogen-bond acceptors (Lipinski definition) is 3. The van der Waals surface area contributed by atoms with Gasteiger partial charge in [-0.2, -0.15) is 0 Å². The van der Waals surface area contributed by atoms with Gasteiger partial charge in [0.1, 0.15) is 0 Å². The Balaban J connectivity index is 1.67. The van der Waals surface area contributed by atoms with Crippen LogP contribution in [0, 0.1) is 11.8 Å². The molecule has 0 saturated carbocycles. The van der Waals surface area contributed by atoms with E-state index in [1.807, 2.05) is 18.2 Å². The Morgan fingerprint density at radius 1 is 1.38 bits per heavy atom. The molecule has 2 atom stereocenters. The maximum Gasteiger partial charge on any atom is 0.226 e. The largest absolute Gasteiger partial charge is 0.377 e. The molecule has 1 amide bonds. The van der Waals surface area contributed by atoms with Crippen molar-refractivity contribution in [3.05, 3.63) is 35.9 Å². The molecule has 2 aliphatic rings. The Kier molecular flexibility index (Phi) is 4.56. The Hall–Kier alpha value is -1.39. The lowest BCUT2D eigenvalue weighted by atomic mass is 9.87. The fourth-order valence-electron chi connectivity index (χ4n) is 3.13. The number of hydrogen-bond donors (Lipinski definition) is 1. The van der Waals surface area contributed by atoms with E-state index < -0.39 is 0 Å². The summed E-state index contributed by atoms with van der Waals surface area (Å²) in [7, 11) is 0. The van der Waals surface area contributed by atoms with Crippen molar-refractivity contribution in [2.24, 2.45) is 11.8 Å². The lowest BCUT2D eigenvalue weighted by Gasteiger charge is -2.40. The number of amides is 1. The highest BCUT2D eigenvalue weighted by molar-refractivity contribution is 5.79. The summed E-state index contributed by atoms with van der Waals surface area (Å²) in [6, 6.07) is 10.5. The first-order chi connectivity index (χ1) is 10.3. The Labute approximate surface area is 126 Å². The summed E-state index contributed by atoms with van der Waals surface area (Å²) in [6.07, 6.45) is 0.877. The van der Waals surface area contributed by atoms with E-state index in [-0.39, 0.29) is 12.0 Å². The first-order valence-electron chi connectivity index (χ1n) is 7.88. The van der Waals surface area contributed by atoms with Crippen LogP contribution in [-0.2, 0) is 16.0 Å². The van der Waals surface area contributed by atoms with Crippen LogP contribution < -0.4 is 5.32 Å². The molecule has 0 aliphatic carbocycles. The van der Waals surface area contributed by atoms with Crippen molar-refractivity contribution >= 4 is 5.91 Å². The molecule has 1 aromatic rings. The van der Waals surface area contributed by atoms with Gasteiger partial charge in [-0.1, -0.05) is 37.3 Å². The number of nitrogens with one attached hydrogen (secondary N) is 1. The molecule has 2 unspecified atom stereocenters. The van der Waals surface area contributed by atoms with Gasteiger partial charge in [0, 0.05) is 12.5 Å². The second-order valence-electron chi connectivity index (χ2n) is 6.16. The zero-order chi connectivity index (χ0) is 14.7. The van der Waals surface area contributed by atoms with E-state index in [2.05, 4.69) is 29.3 Å². The van der Waals surface area contributed by atoms with Crippen molar-refractivity contribution < 1.29 is 9.53 Å². The van der Waals surface area contributed by atoms with Crippen LogP contribution in [-0.4, -0.2) is 49.7 Å². The summed E-state index contributed by atoms with van der Waals surface area (Å²) in [5.74, 6) is 0.908. The first-order valence-corrected chi connectivity index (χ1v) is 7.88. The minimum absolute atomic E-state index is 0.114. The van der Waals surface area contributed by atoms with Crippen molar-refractivity contribution in [3.8, 4) is 0 Å². The molecule has 0 aromatic heterocycles. The van der Waals surface area contributed by atoms with E-state index >= 15 is 0 Å². The molecular formula is C17H24N2O2. The summed E-state index contributed by atoms with van der Waals surface area (Å²) >= 11 is 0. The number of carbonyl (C=O) groups is 1. The summed E-state index contributed by atoms with van der Waals surface area (Å²) in [5.41, 5.74) is 1.27. The average molecular weight is 288 g/mol. The van der Waals surface area contributed by atoms with Crippen molar-refractivity contribution in [2.45, 2.75) is 19.4 Å². The van der Waals surface area contributed by atoms with E-state index in [1.54, 1.807) is 0 Å². The van der Waals surface area contributed by atoms with Gasteiger partial charge in [-0.3, -0.25) is 4.79 Å². The number of nitrogens with zero attached hydrogens (tertiary/aromatic N) is 1. The van der Waals surface area contributed by atoms with Gasteiger partial charge in [0.05, 0.1) is 19.3 Å². The van der Waals surface area contributed by atoms with E-state index in [9.17, 15) is 4.79 Å². The molecule has 2 heterocycles. The fourth-order valence-corrected chi connectivity index (χ4v) is 3.13. The van der Waals surface area contributed by atoms with E-state index in [0.29, 0.717) is 25.0 Å². The highest BCUT2D eigenvalue weighted by Crippen LogP contribution is 2.22. The van der Waals surface area contributed by atoms with E-state index in [1.165, 1.54) is 5.56 Å². The molecule has 21 heavy (non-hydrogen) atoms. The molecule has 0 bridgehead atoms. The van der Waals surface area contributed by atoms with E-state index in [4.69, 9.17) is 4.74 Å². The van der Waals surface area contributed by atoms with Crippen LogP contribution in [0.15, 0.2) is 30.3 Å². The van der Waals surface area contributed by atoms with Crippen LogP contribution in [0.5, 0.6) is 0 Å². The standard InChI is InChI=1S/C17H24N2O2/c1-13(15-10-18-11-15)17(20)19-7-8-21-12-16(19)9-14-5-3-2-4-6-14/h2-6,13,15-16,18H,7-12H2,1H3. The topological polar surface area (TPSA) is 41.6 Å². The normalized spacial score (nSPS) is 24.4. The fraction of sp³-hybridized carbons (Fsp3) is 0.588. The van der Waals surface area contributed by atoms with Gasteiger partial charge >= 0.3 is 0 Å². The third-order valence-electron chi connectivity index (χ3n) is 4.73. The monoisotopic (exact) mass is 288 g/mol. The second-order valence-corrected chi connectivity index (χ2v) is 6.16. The molecular weight excluding hydrogens is 264 g/mol. The highest BCUT2D eigenvalue weighted by atomic mass is 16.5. The Bertz CT molecular complexity index is 473. The van der Waals surface area contributed by atoms with Gasteiger partial charge in [0.25, 0.3) is 0 Å². The van der Waals surface area contributed by atoms with Crippen molar-refractivity contribution in [1.82, 2.24) is 10.2 Å². The van der Waals surface area contributed by atoms with Crippen molar-refractivity contribution in [2.75, 3.05) is 32.8 Å². The van der Waals surface area contributed by atoms with Gasteiger partial charge in [0.15, 0.2) is 0 Å². The molecule has 1 N–H and O–H groups in total. The maximum absolute atomic E-state index is 12.8. The Morgan fingerprint density at radius 2 is 2.14 bits per heavy atom. The molecule has 3 rings (SSSR count). The molecule has 2 saturated heterocycles. The molecule has 4 heteroatoms. The van der Waals surface area contributed by atoms with Crippen LogP contribution in [0.4, 0.5) is 0 Å². The number of ether oxygens (including phenoxy) is 1. The average Bonchev–Trinajstić information content (AvgIpc) is 2.46. The van der Waals surface area contributed by atoms with Gasteiger partial charge in [-0.15, -0.1) is 0 Å².